The molecule has 0 saturated carbocycles. The molecule has 2 aromatic carbocycles. The van der Waals surface area contributed by atoms with Gasteiger partial charge in [0.05, 0.1) is 16.7 Å². The van der Waals surface area contributed by atoms with Gasteiger partial charge in [-0.2, -0.15) is 0 Å². The summed E-state index contributed by atoms with van der Waals surface area (Å²) in [5.74, 6) is 1.95. The zero-order valence-corrected chi connectivity index (χ0v) is 15.2. The molecule has 0 spiro atoms. The normalized spacial score (nSPS) is 11.2. The molecule has 2 aromatic heterocycles. The van der Waals surface area contributed by atoms with Crippen LogP contribution in [0.3, 0.4) is 0 Å². The van der Waals surface area contributed by atoms with E-state index in [1.165, 1.54) is 17.3 Å². The predicted octanol–water partition coefficient (Wildman–Crippen LogP) is 3.32. The number of nitrogens with one attached hydrogen (secondary N) is 1. The van der Waals surface area contributed by atoms with Crippen molar-refractivity contribution in [3.63, 3.8) is 0 Å². The van der Waals surface area contributed by atoms with Gasteiger partial charge in [-0.1, -0.05) is 47.7 Å². The molecule has 0 atom stereocenters. The zero-order chi connectivity index (χ0) is 18.1. The molecule has 1 N–H and O–H groups in total. The Hall–Kier alpha value is -2.93. The molecule has 0 amide bonds. The van der Waals surface area contributed by atoms with E-state index in [4.69, 9.17) is 0 Å². The van der Waals surface area contributed by atoms with E-state index in [0.717, 1.165) is 16.5 Å². The Morgan fingerprint density at radius 1 is 1.12 bits per heavy atom. The Labute approximate surface area is 154 Å². The second-order valence-electron chi connectivity index (χ2n) is 6.05. The molecule has 0 aliphatic rings. The minimum absolute atomic E-state index is 0.121. The highest BCUT2D eigenvalue weighted by Crippen LogP contribution is 2.25. The van der Waals surface area contributed by atoms with Gasteiger partial charge in [0.15, 0.2) is 11.0 Å². The number of thioether (sulfide) groups is 1. The number of hydrogen-bond donors (Lipinski definition) is 1. The lowest BCUT2D eigenvalue weighted by molar-refractivity contribution is 0.793. The second kappa shape index (κ2) is 6.76. The zero-order valence-electron chi connectivity index (χ0n) is 14.4. The van der Waals surface area contributed by atoms with Gasteiger partial charge in [0.25, 0.3) is 5.56 Å². The third-order valence-electron chi connectivity index (χ3n) is 4.11. The van der Waals surface area contributed by atoms with Gasteiger partial charge in [-0.25, -0.2) is 4.98 Å². The lowest BCUT2D eigenvalue weighted by Gasteiger charge is -2.05. The Morgan fingerprint density at radius 2 is 1.96 bits per heavy atom. The molecule has 2 heterocycles. The molecule has 0 fully saturated rings. The van der Waals surface area contributed by atoms with Crippen molar-refractivity contribution in [2.45, 2.75) is 17.8 Å². The summed E-state index contributed by atoms with van der Waals surface area (Å²) in [6.45, 7) is 2.05. The standard InChI is InChI=1S/C19H17N5OS/c1-12-6-5-7-13(10-12)17-22-23-19(24(17)2)26-11-16-20-15-9-4-3-8-14(15)18(25)21-16/h3-10H,11H2,1-2H3,(H,20,21,25). The van der Waals surface area contributed by atoms with Crippen LogP contribution in [0.1, 0.15) is 11.4 Å². The molecule has 0 radical (unpaired) electrons. The SMILES string of the molecule is Cc1cccc(-c2nnc(SCc3nc4ccccc4c(=O)[nH]3)n2C)c1. The van der Waals surface area contributed by atoms with Crippen LogP contribution in [0.4, 0.5) is 0 Å². The molecule has 130 valence electrons. The number of benzene rings is 2. The van der Waals surface area contributed by atoms with E-state index in [-0.39, 0.29) is 5.56 Å². The number of para-hydroxylation sites is 1. The van der Waals surface area contributed by atoms with Crippen LogP contribution in [0, 0.1) is 6.92 Å². The summed E-state index contributed by atoms with van der Waals surface area (Å²) in [4.78, 5) is 19.5. The molecule has 0 aliphatic carbocycles. The molecule has 7 heteroatoms. The molecule has 26 heavy (non-hydrogen) atoms. The van der Waals surface area contributed by atoms with Gasteiger partial charge in [0, 0.05) is 12.6 Å². The van der Waals surface area contributed by atoms with Crippen LogP contribution in [-0.2, 0) is 12.8 Å². The lowest BCUT2D eigenvalue weighted by atomic mass is 10.1. The fourth-order valence-corrected chi connectivity index (χ4v) is 3.59. The maximum Gasteiger partial charge on any atom is 0.258 e. The summed E-state index contributed by atoms with van der Waals surface area (Å²) in [6.07, 6.45) is 0. The van der Waals surface area contributed by atoms with Gasteiger partial charge >= 0.3 is 0 Å². The maximum atomic E-state index is 12.2. The van der Waals surface area contributed by atoms with Crippen LogP contribution in [0.25, 0.3) is 22.3 Å². The summed E-state index contributed by atoms with van der Waals surface area (Å²) in [7, 11) is 1.94. The minimum Gasteiger partial charge on any atom is -0.309 e. The first-order chi connectivity index (χ1) is 12.6. The Bertz CT molecular complexity index is 1150. The Balaban J connectivity index is 1.58. The first kappa shape index (κ1) is 16.5. The van der Waals surface area contributed by atoms with Gasteiger partial charge in [-0.3, -0.25) is 4.79 Å². The van der Waals surface area contributed by atoms with Crippen molar-refractivity contribution in [3.05, 3.63) is 70.3 Å². The molecule has 6 nitrogen and oxygen atoms in total. The summed E-state index contributed by atoms with van der Waals surface area (Å²) < 4.78 is 1.96. The van der Waals surface area contributed by atoms with Gasteiger partial charge in [-0.15, -0.1) is 10.2 Å². The van der Waals surface area contributed by atoms with Gasteiger partial charge < -0.3 is 9.55 Å². The average Bonchev–Trinajstić information content (AvgIpc) is 3.01. The van der Waals surface area contributed by atoms with Crippen LogP contribution in [0.2, 0.25) is 0 Å². The minimum atomic E-state index is -0.121. The quantitative estimate of drug-likeness (QED) is 0.563. The van der Waals surface area contributed by atoms with Crippen LogP contribution >= 0.6 is 11.8 Å². The first-order valence-corrected chi connectivity index (χ1v) is 9.17. The fraction of sp³-hybridized carbons (Fsp3) is 0.158. The van der Waals surface area contributed by atoms with E-state index >= 15 is 0 Å². The van der Waals surface area contributed by atoms with Crippen LogP contribution in [0.15, 0.2) is 58.5 Å². The monoisotopic (exact) mass is 363 g/mol. The van der Waals surface area contributed by atoms with E-state index in [1.807, 2.05) is 41.9 Å². The van der Waals surface area contributed by atoms with E-state index < -0.39 is 0 Å². The lowest BCUT2D eigenvalue weighted by Crippen LogP contribution is -2.11. The number of aryl methyl sites for hydroxylation is 1. The highest BCUT2D eigenvalue weighted by molar-refractivity contribution is 7.98. The first-order valence-electron chi connectivity index (χ1n) is 8.19. The van der Waals surface area contributed by atoms with E-state index in [2.05, 4.69) is 39.2 Å². The second-order valence-corrected chi connectivity index (χ2v) is 7.00. The largest absolute Gasteiger partial charge is 0.309 e. The van der Waals surface area contributed by atoms with Crippen LogP contribution < -0.4 is 5.56 Å². The number of hydrogen-bond acceptors (Lipinski definition) is 5. The van der Waals surface area contributed by atoms with Gasteiger partial charge in [0.2, 0.25) is 0 Å². The number of H-pyrrole nitrogens is 1. The van der Waals surface area contributed by atoms with Crippen LogP contribution in [-0.4, -0.2) is 24.7 Å². The third-order valence-corrected chi connectivity index (χ3v) is 5.14. The highest BCUT2D eigenvalue weighted by Gasteiger charge is 2.12. The summed E-state index contributed by atoms with van der Waals surface area (Å²) >= 11 is 1.49. The van der Waals surface area contributed by atoms with Gasteiger partial charge in [-0.05, 0) is 25.1 Å². The average molecular weight is 363 g/mol. The topological polar surface area (TPSA) is 76.5 Å². The number of aromatic nitrogens is 5. The molecule has 4 rings (SSSR count). The number of rotatable bonds is 4. The summed E-state index contributed by atoms with van der Waals surface area (Å²) in [5, 5.41) is 9.96. The Morgan fingerprint density at radius 3 is 2.81 bits per heavy atom. The van der Waals surface area contributed by atoms with Crippen molar-refractivity contribution in [2.75, 3.05) is 0 Å². The van der Waals surface area contributed by atoms with E-state index in [1.54, 1.807) is 6.07 Å². The maximum absolute atomic E-state index is 12.2. The van der Waals surface area contributed by atoms with Crippen molar-refractivity contribution in [1.82, 2.24) is 24.7 Å². The highest BCUT2D eigenvalue weighted by atomic mass is 32.2. The molecule has 4 aromatic rings. The van der Waals surface area contributed by atoms with Crippen molar-refractivity contribution >= 4 is 22.7 Å². The number of aromatic amines is 1. The number of nitrogens with zero attached hydrogens (tertiary/aromatic N) is 4. The van der Waals surface area contributed by atoms with Crippen molar-refractivity contribution in [1.29, 1.82) is 0 Å². The van der Waals surface area contributed by atoms with E-state index in [9.17, 15) is 4.79 Å². The molecular formula is C19H17N5OS. The molecule has 0 bridgehead atoms. The Kier molecular flexibility index (Phi) is 4.30. The smallest absolute Gasteiger partial charge is 0.258 e. The van der Waals surface area contributed by atoms with Crippen molar-refractivity contribution < 1.29 is 0 Å². The predicted molar refractivity (Wildman–Crippen MR) is 103 cm³/mol. The third kappa shape index (κ3) is 3.13. The van der Waals surface area contributed by atoms with Crippen molar-refractivity contribution in [2.24, 2.45) is 7.05 Å². The number of fused-ring (bicyclic) bond motifs is 1. The molecule has 0 aliphatic heterocycles. The van der Waals surface area contributed by atoms with Crippen molar-refractivity contribution in [3.8, 4) is 11.4 Å². The molecule has 0 unspecified atom stereocenters. The molecular weight excluding hydrogens is 346 g/mol. The van der Waals surface area contributed by atoms with E-state index in [0.29, 0.717) is 22.5 Å². The van der Waals surface area contributed by atoms with Crippen LogP contribution in [0.5, 0.6) is 0 Å². The van der Waals surface area contributed by atoms with Gasteiger partial charge in [0.1, 0.15) is 5.82 Å². The summed E-state index contributed by atoms with van der Waals surface area (Å²) in [6, 6.07) is 15.5. The summed E-state index contributed by atoms with van der Waals surface area (Å²) in [5.41, 5.74) is 2.79. The fourth-order valence-electron chi connectivity index (χ4n) is 2.81. The molecule has 0 saturated heterocycles.